The maximum absolute atomic E-state index is 11.8. The average molecular weight is 297 g/mol. The van der Waals surface area contributed by atoms with Crippen molar-refractivity contribution in [2.45, 2.75) is 0 Å². The van der Waals surface area contributed by atoms with Crippen LogP contribution in [0.15, 0.2) is 39.9 Å². The van der Waals surface area contributed by atoms with Gasteiger partial charge in [0.1, 0.15) is 10.6 Å². The van der Waals surface area contributed by atoms with Crippen LogP contribution in [0.25, 0.3) is 0 Å². The molecule has 0 saturated heterocycles. The first-order valence-corrected chi connectivity index (χ1v) is 6.47. The fourth-order valence-corrected chi connectivity index (χ4v) is 2.24. The molecule has 0 saturated carbocycles. The topological polar surface area (TPSA) is 67.8 Å². The molecule has 0 fully saturated rings. The third kappa shape index (κ3) is 2.97. The molecule has 5 nitrogen and oxygen atoms in total. The SMILES string of the molecule is COC(=O)C(Nc1ccccc1Cl)=C1SC=NC1=O. The van der Waals surface area contributed by atoms with E-state index in [2.05, 4.69) is 15.0 Å². The summed E-state index contributed by atoms with van der Waals surface area (Å²) in [6.45, 7) is 0. The monoisotopic (exact) mass is 296 g/mol. The Morgan fingerprint density at radius 3 is 2.74 bits per heavy atom. The number of nitrogens with one attached hydrogen (secondary N) is 1. The molecular formula is C12H9ClN2O3S. The smallest absolute Gasteiger partial charge is 0.355 e. The highest BCUT2D eigenvalue weighted by atomic mass is 35.5. The maximum atomic E-state index is 11.8. The largest absolute Gasteiger partial charge is 0.464 e. The fourth-order valence-electron chi connectivity index (χ4n) is 1.40. The number of rotatable bonds is 3. The second-order valence-electron chi connectivity index (χ2n) is 3.46. The first kappa shape index (κ1) is 13.6. The van der Waals surface area contributed by atoms with Crippen LogP contribution in [0.1, 0.15) is 0 Å². The van der Waals surface area contributed by atoms with Crippen molar-refractivity contribution in [3.63, 3.8) is 0 Å². The Morgan fingerprint density at radius 1 is 1.42 bits per heavy atom. The molecule has 1 aromatic rings. The number of esters is 1. The summed E-state index contributed by atoms with van der Waals surface area (Å²) in [5.74, 6) is -1.13. The zero-order chi connectivity index (χ0) is 13.8. The summed E-state index contributed by atoms with van der Waals surface area (Å²) < 4.78 is 4.66. The molecule has 1 aromatic carbocycles. The number of nitrogens with zero attached hydrogens (tertiary/aromatic N) is 1. The van der Waals surface area contributed by atoms with Crippen molar-refractivity contribution >= 4 is 46.5 Å². The zero-order valence-electron chi connectivity index (χ0n) is 9.84. The second kappa shape index (κ2) is 5.90. The molecule has 0 atom stereocenters. The minimum atomic E-state index is -0.652. The number of para-hydroxylation sites is 1. The van der Waals surface area contributed by atoms with Crippen molar-refractivity contribution in [2.24, 2.45) is 4.99 Å². The predicted octanol–water partition coefficient (Wildman–Crippen LogP) is 2.44. The van der Waals surface area contributed by atoms with Crippen molar-refractivity contribution in [3.05, 3.63) is 39.9 Å². The number of methoxy groups -OCH3 is 1. The number of amides is 1. The molecule has 0 spiro atoms. The number of benzene rings is 1. The third-order valence-corrected chi connectivity index (χ3v) is 3.44. The van der Waals surface area contributed by atoms with E-state index in [1.54, 1.807) is 24.3 Å². The van der Waals surface area contributed by atoms with Crippen molar-refractivity contribution in [3.8, 4) is 0 Å². The molecule has 0 bridgehead atoms. The van der Waals surface area contributed by atoms with Crippen LogP contribution in [0.2, 0.25) is 5.02 Å². The lowest BCUT2D eigenvalue weighted by atomic mass is 10.3. The molecule has 1 aliphatic heterocycles. The summed E-state index contributed by atoms with van der Waals surface area (Å²) in [5.41, 5.74) is 1.91. The van der Waals surface area contributed by atoms with Gasteiger partial charge in [-0.3, -0.25) is 4.79 Å². The Bertz CT molecular complexity index is 598. The lowest BCUT2D eigenvalue weighted by molar-refractivity contribution is -0.136. The van der Waals surface area contributed by atoms with Gasteiger partial charge in [-0.15, -0.1) is 0 Å². The first-order valence-electron chi connectivity index (χ1n) is 5.21. The van der Waals surface area contributed by atoms with Gasteiger partial charge in [0.05, 0.1) is 23.4 Å². The van der Waals surface area contributed by atoms with Crippen LogP contribution in [0.4, 0.5) is 5.69 Å². The van der Waals surface area contributed by atoms with Gasteiger partial charge in [0, 0.05) is 0 Å². The Hall–Kier alpha value is -1.79. The molecule has 0 unspecified atom stereocenters. The van der Waals surface area contributed by atoms with Gasteiger partial charge in [-0.2, -0.15) is 0 Å². The number of hydrogen-bond acceptors (Lipinski definition) is 5. The maximum Gasteiger partial charge on any atom is 0.355 e. The van der Waals surface area contributed by atoms with Gasteiger partial charge < -0.3 is 10.1 Å². The van der Waals surface area contributed by atoms with Gasteiger partial charge in [0.15, 0.2) is 0 Å². The molecule has 7 heteroatoms. The minimum Gasteiger partial charge on any atom is -0.464 e. The normalized spacial score (nSPS) is 16.4. The molecular weight excluding hydrogens is 288 g/mol. The summed E-state index contributed by atoms with van der Waals surface area (Å²) in [6, 6.07) is 6.88. The molecule has 1 heterocycles. The second-order valence-corrected chi connectivity index (χ2v) is 4.72. The number of carbonyl (C=O) groups excluding carboxylic acids is 2. The average Bonchev–Trinajstić information content (AvgIpc) is 2.83. The van der Waals surface area contributed by atoms with E-state index in [-0.39, 0.29) is 10.6 Å². The molecule has 0 aliphatic carbocycles. The Labute approximate surface area is 118 Å². The van der Waals surface area contributed by atoms with Crippen LogP contribution >= 0.6 is 23.4 Å². The summed E-state index contributed by atoms with van der Waals surface area (Å²) in [6.07, 6.45) is 0. The molecule has 19 heavy (non-hydrogen) atoms. The van der Waals surface area contributed by atoms with E-state index in [4.69, 9.17) is 11.6 Å². The predicted molar refractivity (Wildman–Crippen MR) is 75.2 cm³/mol. The van der Waals surface area contributed by atoms with Gasteiger partial charge in [0.25, 0.3) is 5.91 Å². The number of hydrogen-bond donors (Lipinski definition) is 1. The lowest BCUT2D eigenvalue weighted by Gasteiger charge is -2.11. The van der Waals surface area contributed by atoms with Crippen LogP contribution < -0.4 is 5.32 Å². The quantitative estimate of drug-likeness (QED) is 0.685. The van der Waals surface area contributed by atoms with E-state index in [1.165, 1.54) is 12.7 Å². The summed E-state index contributed by atoms with van der Waals surface area (Å²) in [7, 11) is 1.24. The van der Waals surface area contributed by atoms with E-state index >= 15 is 0 Å². The summed E-state index contributed by atoms with van der Waals surface area (Å²) in [5, 5.41) is 3.25. The van der Waals surface area contributed by atoms with Gasteiger partial charge in [0.2, 0.25) is 0 Å². The van der Waals surface area contributed by atoms with Crippen LogP contribution in [0.3, 0.4) is 0 Å². The Morgan fingerprint density at radius 2 is 2.16 bits per heavy atom. The highest BCUT2D eigenvalue weighted by Crippen LogP contribution is 2.29. The van der Waals surface area contributed by atoms with Gasteiger partial charge in [-0.25, -0.2) is 9.79 Å². The van der Waals surface area contributed by atoms with Crippen LogP contribution in [-0.2, 0) is 14.3 Å². The summed E-state index contributed by atoms with van der Waals surface area (Å²) >= 11 is 7.06. The first-order chi connectivity index (χ1) is 9.13. The molecule has 1 aliphatic rings. The zero-order valence-corrected chi connectivity index (χ0v) is 11.4. The van der Waals surface area contributed by atoms with Crippen LogP contribution in [0, 0.1) is 0 Å². The standard InChI is InChI=1S/C12H9ClN2O3S/c1-18-12(17)9(10-11(16)14-6-19-10)15-8-5-3-2-4-7(8)13/h2-6,15H,1H3. The number of anilines is 1. The van der Waals surface area contributed by atoms with Crippen molar-refractivity contribution in [2.75, 3.05) is 12.4 Å². The molecule has 98 valence electrons. The third-order valence-electron chi connectivity index (χ3n) is 2.28. The van der Waals surface area contributed by atoms with Crippen molar-refractivity contribution in [1.29, 1.82) is 0 Å². The molecule has 1 amide bonds. The van der Waals surface area contributed by atoms with Gasteiger partial charge in [-0.1, -0.05) is 35.5 Å². The lowest BCUT2D eigenvalue weighted by Crippen LogP contribution is -2.17. The summed E-state index contributed by atoms with van der Waals surface area (Å²) in [4.78, 5) is 27.1. The number of carbonyl (C=O) groups is 2. The van der Waals surface area contributed by atoms with E-state index < -0.39 is 11.9 Å². The number of thioether (sulfide) groups is 1. The highest BCUT2D eigenvalue weighted by Gasteiger charge is 2.25. The van der Waals surface area contributed by atoms with Crippen molar-refractivity contribution in [1.82, 2.24) is 0 Å². The highest BCUT2D eigenvalue weighted by molar-refractivity contribution is 8.16. The van der Waals surface area contributed by atoms with E-state index in [9.17, 15) is 9.59 Å². The van der Waals surface area contributed by atoms with E-state index in [0.29, 0.717) is 10.7 Å². The molecule has 2 rings (SSSR count). The Balaban J connectivity index is 2.38. The number of halogens is 1. The van der Waals surface area contributed by atoms with Crippen LogP contribution in [0.5, 0.6) is 0 Å². The van der Waals surface area contributed by atoms with E-state index in [1.807, 2.05) is 0 Å². The molecule has 0 radical (unpaired) electrons. The van der Waals surface area contributed by atoms with E-state index in [0.717, 1.165) is 11.8 Å². The van der Waals surface area contributed by atoms with Gasteiger partial charge >= 0.3 is 5.97 Å². The van der Waals surface area contributed by atoms with Crippen molar-refractivity contribution < 1.29 is 14.3 Å². The number of ether oxygens (including phenoxy) is 1. The minimum absolute atomic E-state index is 0.0306. The molecule has 1 N–H and O–H groups in total. The van der Waals surface area contributed by atoms with Crippen LogP contribution in [-0.4, -0.2) is 24.5 Å². The fraction of sp³-hybridized carbons (Fsp3) is 0.0833. The Kier molecular flexibility index (Phi) is 4.24. The molecule has 0 aromatic heterocycles. The number of aliphatic imine (C=N–C) groups is 1. The van der Waals surface area contributed by atoms with Gasteiger partial charge in [-0.05, 0) is 12.1 Å².